The van der Waals surface area contributed by atoms with Gasteiger partial charge in [0.05, 0.1) is 17.5 Å². The first-order valence-electron chi connectivity index (χ1n) is 9.81. The summed E-state index contributed by atoms with van der Waals surface area (Å²) in [6.45, 7) is 10.3. The van der Waals surface area contributed by atoms with Crippen LogP contribution in [0.5, 0.6) is 0 Å². The molecule has 5 nitrogen and oxygen atoms in total. The summed E-state index contributed by atoms with van der Waals surface area (Å²) in [5.41, 5.74) is 9.32. The maximum atomic E-state index is 10.6. The molecule has 0 fully saturated rings. The van der Waals surface area contributed by atoms with Crippen LogP contribution in [-0.4, -0.2) is 47.4 Å². The van der Waals surface area contributed by atoms with Gasteiger partial charge in [-0.25, -0.2) is 4.99 Å². The highest BCUT2D eigenvalue weighted by Crippen LogP contribution is 2.40. The van der Waals surface area contributed by atoms with Gasteiger partial charge in [0.1, 0.15) is 0 Å². The van der Waals surface area contributed by atoms with Crippen molar-refractivity contribution in [1.82, 2.24) is 4.98 Å². The van der Waals surface area contributed by atoms with Crippen LogP contribution in [-0.2, 0) is 6.42 Å². The predicted molar refractivity (Wildman–Crippen MR) is 119 cm³/mol. The van der Waals surface area contributed by atoms with Crippen molar-refractivity contribution >= 4 is 29.3 Å². The SMILES string of the molecule is CCc1c(C)/c(=C/C(C)=NC)[nH]c1=CC1=NC2=C(C(C)=NC)CC(O)C2=C1C. The number of rotatable bonds is 4. The Labute approximate surface area is 166 Å². The number of H-pyrrole nitrogens is 1. The van der Waals surface area contributed by atoms with Gasteiger partial charge in [0.2, 0.25) is 0 Å². The van der Waals surface area contributed by atoms with E-state index in [1.165, 1.54) is 11.1 Å². The Morgan fingerprint density at radius 2 is 1.93 bits per heavy atom. The number of aromatic nitrogens is 1. The van der Waals surface area contributed by atoms with Crippen molar-refractivity contribution in [3.8, 4) is 0 Å². The minimum absolute atomic E-state index is 0.500. The van der Waals surface area contributed by atoms with E-state index in [0.29, 0.717) is 6.42 Å². The van der Waals surface area contributed by atoms with Gasteiger partial charge in [-0.1, -0.05) is 6.92 Å². The van der Waals surface area contributed by atoms with Crippen molar-refractivity contribution in [2.75, 3.05) is 14.1 Å². The maximum Gasteiger partial charge on any atom is 0.0856 e. The molecule has 0 amide bonds. The van der Waals surface area contributed by atoms with Gasteiger partial charge >= 0.3 is 0 Å². The highest BCUT2D eigenvalue weighted by Gasteiger charge is 2.35. The highest BCUT2D eigenvalue weighted by atomic mass is 16.3. The molecular weight excluding hydrogens is 348 g/mol. The van der Waals surface area contributed by atoms with E-state index in [-0.39, 0.29) is 0 Å². The van der Waals surface area contributed by atoms with E-state index in [1.807, 2.05) is 20.8 Å². The monoisotopic (exact) mass is 378 g/mol. The van der Waals surface area contributed by atoms with Gasteiger partial charge in [-0.05, 0) is 63.0 Å². The average molecular weight is 379 g/mol. The Kier molecular flexibility index (Phi) is 5.66. The van der Waals surface area contributed by atoms with E-state index in [4.69, 9.17) is 4.99 Å². The summed E-state index contributed by atoms with van der Waals surface area (Å²) in [6.07, 6.45) is 5.22. The number of aliphatic hydroxyl groups is 1. The normalized spacial score (nSPS) is 22.0. The molecule has 1 aliphatic carbocycles. The van der Waals surface area contributed by atoms with Gasteiger partial charge in [0.15, 0.2) is 0 Å². The summed E-state index contributed by atoms with van der Waals surface area (Å²) in [7, 11) is 3.59. The van der Waals surface area contributed by atoms with Gasteiger partial charge in [0, 0.05) is 53.8 Å². The van der Waals surface area contributed by atoms with Gasteiger partial charge in [0.25, 0.3) is 0 Å². The summed E-state index contributed by atoms with van der Waals surface area (Å²) in [5.74, 6) is 0. The zero-order valence-electron chi connectivity index (χ0n) is 17.9. The zero-order chi connectivity index (χ0) is 20.6. The molecule has 1 aromatic rings. The number of hydrogen-bond donors (Lipinski definition) is 2. The lowest BCUT2D eigenvalue weighted by Gasteiger charge is -2.05. The van der Waals surface area contributed by atoms with Gasteiger partial charge < -0.3 is 10.1 Å². The molecule has 28 heavy (non-hydrogen) atoms. The Morgan fingerprint density at radius 1 is 1.21 bits per heavy atom. The summed E-state index contributed by atoms with van der Waals surface area (Å²) >= 11 is 0. The molecule has 0 spiro atoms. The molecule has 1 atom stereocenters. The van der Waals surface area contributed by atoms with E-state index in [1.54, 1.807) is 14.1 Å². The number of nitrogens with zero attached hydrogens (tertiary/aromatic N) is 3. The van der Waals surface area contributed by atoms with Crippen LogP contribution >= 0.6 is 0 Å². The molecule has 0 bridgehead atoms. The van der Waals surface area contributed by atoms with Crippen LogP contribution in [0, 0.1) is 6.92 Å². The molecule has 2 heterocycles. The number of hydrogen-bond acceptors (Lipinski definition) is 4. The second kappa shape index (κ2) is 7.84. The minimum Gasteiger partial charge on any atom is -0.388 e. The fourth-order valence-electron chi connectivity index (χ4n) is 4.02. The van der Waals surface area contributed by atoms with Gasteiger partial charge in [-0.15, -0.1) is 0 Å². The van der Waals surface area contributed by atoms with E-state index in [0.717, 1.165) is 56.7 Å². The second-order valence-corrected chi connectivity index (χ2v) is 7.45. The summed E-state index contributed by atoms with van der Waals surface area (Å²) in [5, 5.41) is 12.7. The van der Waals surface area contributed by atoms with Crippen LogP contribution in [0.15, 0.2) is 37.4 Å². The fraction of sp³-hybridized carbons (Fsp3) is 0.435. The number of nitrogens with one attached hydrogen (secondary N) is 1. The number of aromatic amines is 1. The lowest BCUT2D eigenvalue weighted by atomic mass is 10.0. The summed E-state index contributed by atoms with van der Waals surface area (Å²) in [4.78, 5) is 17.0. The van der Waals surface area contributed by atoms with E-state index in [2.05, 4.69) is 41.0 Å². The quantitative estimate of drug-likeness (QED) is 0.776. The maximum absolute atomic E-state index is 10.6. The predicted octanol–water partition coefficient (Wildman–Crippen LogP) is 2.42. The highest BCUT2D eigenvalue weighted by molar-refractivity contribution is 6.24. The molecule has 1 aliphatic heterocycles. The van der Waals surface area contributed by atoms with E-state index in [9.17, 15) is 5.11 Å². The van der Waals surface area contributed by atoms with E-state index >= 15 is 0 Å². The van der Waals surface area contributed by atoms with Crippen LogP contribution in [0.3, 0.4) is 0 Å². The topological polar surface area (TPSA) is 73.1 Å². The van der Waals surface area contributed by atoms with Crippen LogP contribution in [0.4, 0.5) is 0 Å². The zero-order valence-corrected chi connectivity index (χ0v) is 17.9. The Hall–Kier alpha value is -2.53. The largest absolute Gasteiger partial charge is 0.388 e. The van der Waals surface area contributed by atoms with Crippen molar-refractivity contribution in [3.63, 3.8) is 0 Å². The summed E-state index contributed by atoms with van der Waals surface area (Å²) < 4.78 is 0. The van der Waals surface area contributed by atoms with Crippen LogP contribution in [0.25, 0.3) is 12.2 Å². The first-order valence-corrected chi connectivity index (χ1v) is 9.81. The van der Waals surface area contributed by atoms with Crippen molar-refractivity contribution in [2.24, 2.45) is 15.0 Å². The van der Waals surface area contributed by atoms with Gasteiger partial charge in [-0.3, -0.25) is 9.98 Å². The Morgan fingerprint density at radius 3 is 2.54 bits per heavy atom. The number of fused-ring (bicyclic) bond motifs is 1. The molecule has 0 radical (unpaired) electrons. The lowest BCUT2D eigenvalue weighted by Crippen LogP contribution is -2.15. The number of allylic oxidation sites excluding steroid dienone is 1. The molecule has 3 rings (SSSR count). The number of aliphatic imine (C=N–C) groups is 3. The van der Waals surface area contributed by atoms with Crippen LogP contribution in [0.2, 0.25) is 0 Å². The van der Waals surface area contributed by atoms with Crippen molar-refractivity contribution in [1.29, 1.82) is 0 Å². The average Bonchev–Trinajstić information content (AvgIpc) is 3.27. The molecule has 1 aromatic heterocycles. The molecular formula is C23H30N4O. The smallest absolute Gasteiger partial charge is 0.0856 e. The molecule has 5 heteroatoms. The van der Waals surface area contributed by atoms with E-state index < -0.39 is 6.10 Å². The summed E-state index contributed by atoms with van der Waals surface area (Å²) in [6, 6.07) is 0. The van der Waals surface area contributed by atoms with Crippen LogP contribution in [0.1, 0.15) is 45.2 Å². The second-order valence-electron chi connectivity index (χ2n) is 7.45. The first-order chi connectivity index (χ1) is 13.3. The molecule has 2 aliphatic rings. The molecule has 2 N–H and O–H groups in total. The minimum atomic E-state index is -0.500. The Balaban J connectivity index is 2.20. The Bertz CT molecular complexity index is 1090. The third kappa shape index (κ3) is 3.35. The third-order valence-electron chi connectivity index (χ3n) is 5.86. The van der Waals surface area contributed by atoms with Crippen LogP contribution < -0.4 is 10.7 Å². The molecule has 0 aromatic carbocycles. The van der Waals surface area contributed by atoms with Crippen molar-refractivity contribution in [2.45, 2.75) is 53.6 Å². The third-order valence-corrected chi connectivity index (χ3v) is 5.86. The standard InChI is InChI=1S/C23H30N4O/c1-8-16-13(3)18(9-12(2)24-6)26-20(16)11-19-14(4)22-21(28)10-17(15(5)25-7)23(22)27-19/h9,11,21,26,28H,8,10H2,1-7H3/b18-9-,20-11?,24-12?,25-15?. The molecule has 1 unspecified atom stereocenters. The van der Waals surface area contributed by atoms with Crippen molar-refractivity contribution < 1.29 is 5.11 Å². The lowest BCUT2D eigenvalue weighted by molar-refractivity contribution is 0.222. The fourth-order valence-corrected chi connectivity index (χ4v) is 4.02. The first kappa shape index (κ1) is 20.2. The molecule has 0 saturated carbocycles. The molecule has 0 saturated heterocycles. The van der Waals surface area contributed by atoms with Crippen molar-refractivity contribution in [3.05, 3.63) is 44.2 Å². The van der Waals surface area contributed by atoms with Gasteiger partial charge in [-0.2, -0.15) is 0 Å². The molecule has 148 valence electrons. The number of aliphatic hydroxyl groups excluding tert-OH is 1.